The van der Waals surface area contributed by atoms with Crippen molar-refractivity contribution >= 4 is 5.91 Å². The summed E-state index contributed by atoms with van der Waals surface area (Å²) in [6.07, 6.45) is 1.65. The van der Waals surface area contributed by atoms with Gasteiger partial charge in [-0.25, -0.2) is 0 Å². The third kappa shape index (κ3) is 4.56. The van der Waals surface area contributed by atoms with Crippen LogP contribution in [0.1, 0.15) is 17.4 Å². The molecule has 1 fully saturated rings. The third-order valence-corrected chi connectivity index (χ3v) is 4.60. The lowest BCUT2D eigenvalue weighted by Crippen LogP contribution is -2.44. The minimum atomic E-state index is -0.0725. The average molecular weight is 379 g/mol. The smallest absolute Gasteiger partial charge is 0.234 e. The van der Waals surface area contributed by atoms with E-state index in [2.05, 4.69) is 35.8 Å². The lowest BCUT2D eigenvalue weighted by molar-refractivity contribution is -0.124. The van der Waals surface area contributed by atoms with Crippen LogP contribution in [0.3, 0.4) is 0 Å². The van der Waals surface area contributed by atoms with Gasteiger partial charge in [-0.2, -0.15) is 5.21 Å². The van der Waals surface area contributed by atoms with Crippen LogP contribution in [-0.4, -0.2) is 62.7 Å². The van der Waals surface area contributed by atoms with Gasteiger partial charge in [0.25, 0.3) is 0 Å². The number of hydrogen-bond donors (Lipinski definition) is 2. The van der Waals surface area contributed by atoms with Crippen LogP contribution >= 0.6 is 0 Å². The van der Waals surface area contributed by atoms with E-state index in [4.69, 9.17) is 4.74 Å². The summed E-state index contributed by atoms with van der Waals surface area (Å²) in [5.74, 6) is 0.543. The first-order valence-electron chi connectivity index (χ1n) is 9.12. The average Bonchev–Trinajstić information content (AvgIpc) is 3.28. The molecular weight excluding hydrogens is 358 g/mol. The van der Waals surface area contributed by atoms with Gasteiger partial charge in [0.2, 0.25) is 11.7 Å². The minimum absolute atomic E-state index is 0.0150. The van der Waals surface area contributed by atoms with Crippen molar-refractivity contribution in [1.29, 1.82) is 0 Å². The minimum Gasteiger partial charge on any atom is -0.371 e. The number of hydrogen-bond acceptors (Lipinski definition) is 7. The van der Waals surface area contributed by atoms with Gasteiger partial charge in [-0.15, -0.1) is 10.2 Å². The van der Waals surface area contributed by atoms with E-state index in [0.29, 0.717) is 32.1 Å². The molecule has 0 radical (unpaired) electrons. The van der Waals surface area contributed by atoms with Gasteiger partial charge < -0.3 is 10.1 Å². The number of nitrogens with zero attached hydrogens (tertiary/aromatic N) is 5. The molecule has 1 aliphatic heterocycles. The number of aromatic nitrogens is 5. The molecule has 1 unspecified atom stereocenters. The largest absolute Gasteiger partial charge is 0.371 e. The van der Waals surface area contributed by atoms with E-state index in [9.17, 15) is 4.79 Å². The summed E-state index contributed by atoms with van der Waals surface area (Å²) in [5, 5.41) is 16.9. The van der Waals surface area contributed by atoms with Gasteiger partial charge in [-0.05, 0) is 22.9 Å². The number of morpholine rings is 1. The molecular formula is C19H21N7O2. The molecule has 2 N–H and O–H groups in total. The van der Waals surface area contributed by atoms with Crippen LogP contribution in [0.25, 0.3) is 11.4 Å². The normalized spacial score (nSPS) is 17.4. The fraction of sp³-hybridized carbons (Fsp3) is 0.316. The zero-order valence-electron chi connectivity index (χ0n) is 15.3. The summed E-state index contributed by atoms with van der Waals surface area (Å²) in [6.45, 7) is 2.76. The van der Waals surface area contributed by atoms with E-state index in [-0.39, 0.29) is 12.0 Å². The Hall–Kier alpha value is -3.17. The van der Waals surface area contributed by atoms with Gasteiger partial charge in [0.1, 0.15) is 0 Å². The number of tetrazole rings is 1. The van der Waals surface area contributed by atoms with Crippen molar-refractivity contribution in [2.45, 2.75) is 12.6 Å². The van der Waals surface area contributed by atoms with Crippen LogP contribution in [0.15, 0.2) is 48.7 Å². The summed E-state index contributed by atoms with van der Waals surface area (Å²) in [5.41, 5.74) is 2.79. The van der Waals surface area contributed by atoms with Gasteiger partial charge in [0.15, 0.2) is 0 Å². The number of benzene rings is 1. The molecule has 3 aromatic rings. The first kappa shape index (κ1) is 18.2. The SMILES string of the molecule is O=C(CN1CCOC(c2ccc(-c3nn[nH]n3)cc2)C1)NCc1ccccn1. The number of rotatable bonds is 6. The van der Waals surface area contributed by atoms with E-state index in [1.807, 2.05) is 42.5 Å². The molecule has 9 nitrogen and oxygen atoms in total. The van der Waals surface area contributed by atoms with Crippen LogP contribution in [0, 0.1) is 0 Å². The van der Waals surface area contributed by atoms with Gasteiger partial charge in [-0.3, -0.25) is 14.7 Å². The third-order valence-electron chi connectivity index (χ3n) is 4.60. The Morgan fingerprint density at radius 3 is 2.89 bits per heavy atom. The van der Waals surface area contributed by atoms with Crippen LogP contribution in [-0.2, 0) is 16.1 Å². The van der Waals surface area contributed by atoms with Crippen molar-refractivity contribution in [2.24, 2.45) is 0 Å². The lowest BCUT2D eigenvalue weighted by Gasteiger charge is -2.32. The Balaban J connectivity index is 1.31. The van der Waals surface area contributed by atoms with E-state index >= 15 is 0 Å². The lowest BCUT2D eigenvalue weighted by atomic mass is 10.1. The number of aromatic amines is 1. The molecule has 0 aliphatic carbocycles. The molecule has 28 heavy (non-hydrogen) atoms. The van der Waals surface area contributed by atoms with Crippen LogP contribution in [0.5, 0.6) is 0 Å². The maximum atomic E-state index is 12.3. The molecule has 1 aromatic carbocycles. The second kappa shape index (κ2) is 8.68. The topological polar surface area (TPSA) is 109 Å². The Bertz CT molecular complexity index is 884. The van der Waals surface area contributed by atoms with E-state index in [1.54, 1.807) is 6.20 Å². The monoisotopic (exact) mass is 379 g/mol. The number of H-pyrrole nitrogens is 1. The second-order valence-corrected chi connectivity index (χ2v) is 6.55. The first-order chi connectivity index (χ1) is 13.8. The van der Waals surface area contributed by atoms with Gasteiger partial charge in [0.05, 0.1) is 31.5 Å². The standard InChI is InChI=1S/C19H21N7O2/c27-18(21-11-16-3-1-2-8-20-16)13-26-9-10-28-17(12-26)14-4-6-15(7-5-14)19-22-24-25-23-19/h1-8,17H,9-13H2,(H,21,27)(H,22,23,24,25). The van der Waals surface area contributed by atoms with Crippen molar-refractivity contribution < 1.29 is 9.53 Å². The number of nitrogens with one attached hydrogen (secondary N) is 2. The van der Waals surface area contributed by atoms with Crippen LogP contribution < -0.4 is 5.32 Å². The highest BCUT2D eigenvalue weighted by Crippen LogP contribution is 2.24. The molecule has 1 amide bonds. The van der Waals surface area contributed by atoms with E-state index < -0.39 is 0 Å². The Kier molecular flexibility index (Phi) is 5.64. The summed E-state index contributed by atoms with van der Waals surface area (Å²) >= 11 is 0. The molecule has 1 saturated heterocycles. The second-order valence-electron chi connectivity index (χ2n) is 6.55. The van der Waals surface area contributed by atoms with Crippen LogP contribution in [0.4, 0.5) is 0 Å². The number of pyridine rings is 1. The van der Waals surface area contributed by atoms with Gasteiger partial charge in [0, 0.05) is 24.8 Å². The van der Waals surface area contributed by atoms with Crippen molar-refractivity contribution in [3.05, 3.63) is 59.9 Å². The molecule has 0 bridgehead atoms. The summed E-state index contributed by atoms with van der Waals surface area (Å²) < 4.78 is 5.90. The number of ether oxygens (including phenoxy) is 1. The van der Waals surface area contributed by atoms with Crippen molar-refractivity contribution in [3.63, 3.8) is 0 Å². The summed E-state index contributed by atoms with van der Waals surface area (Å²) in [6, 6.07) is 13.5. The van der Waals surface area contributed by atoms with Gasteiger partial charge >= 0.3 is 0 Å². The van der Waals surface area contributed by atoms with E-state index in [0.717, 1.165) is 23.4 Å². The summed E-state index contributed by atoms with van der Waals surface area (Å²) in [4.78, 5) is 18.6. The van der Waals surface area contributed by atoms with Crippen molar-refractivity contribution in [3.8, 4) is 11.4 Å². The molecule has 1 atom stereocenters. The highest BCUT2D eigenvalue weighted by molar-refractivity contribution is 5.78. The molecule has 1 aliphatic rings. The molecule has 144 valence electrons. The Morgan fingerprint density at radius 2 is 2.14 bits per heavy atom. The Morgan fingerprint density at radius 1 is 1.25 bits per heavy atom. The van der Waals surface area contributed by atoms with Gasteiger partial charge in [-0.1, -0.05) is 30.3 Å². The quantitative estimate of drug-likeness (QED) is 0.656. The number of carbonyl (C=O) groups excluding carboxylic acids is 1. The Labute approximate surface area is 162 Å². The molecule has 0 spiro atoms. The molecule has 0 saturated carbocycles. The maximum absolute atomic E-state index is 12.3. The number of carbonyl (C=O) groups is 1. The summed E-state index contributed by atoms with van der Waals surface area (Å²) in [7, 11) is 0. The van der Waals surface area contributed by atoms with Crippen molar-refractivity contribution in [2.75, 3.05) is 26.2 Å². The fourth-order valence-corrected chi connectivity index (χ4v) is 3.13. The molecule has 2 aromatic heterocycles. The first-order valence-corrected chi connectivity index (χ1v) is 9.12. The fourth-order valence-electron chi connectivity index (χ4n) is 3.13. The highest BCUT2D eigenvalue weighted by atomic mass is 16.5. The van der Waals surface area contributed by atoms with Crippen LogP contribution in [0.2, 0.25) is 0 Å². The predicted molar refractivity (Wildman–Crippen MR) is 101 cm³/mol. The molecule has 4 rings (SSSR count). The molecule has 9 heteroatoms. The zero-order valence-corrected chi connectivity index (χ0v) is 15.3. The zero-order chi connectivity index (χ0) is 19.2. The molecule has 3 heterocycles. The highest BCUT2D eigenvalue weighted by Gasteiger charge is 2.23. The van der Waals surface area contributed by atoms with Crippen molar-refractivity contribution in [1.82, 2.24) is 35.8 Å². The van der Waals surface area contributed by atoms with E-state index in [1.165, 1.54) is 0 Å². The predicted octanol–water partition coefficient (Wildman–Crippen LogP) is 0.951. The number of amides is 1. The maximum Gasteiger partial charge on any atom is 0.234 e.